The zero-order chi connectivity index (χ0) is 26.2. The molecule has 1 aromatic rings. The van der Waals surface area contributed by atoms with Crippen LogP contribution in [-0.2, 0) is 26.2 Å². The summed E-state index contributed by atoms with van der Waals surface area (Å²) in [7, 11) is 0. The van der Waals surface area contributed by atoms with E-state index in [2.05, 4.69) is 57.2 Å². The average Bonchev–Trinajstić information content (AvgIpc) is 3.74. The van der Waals surface area contributed by atoms with Crippen LogP contribution in [0.3, 0.4) is 0 Å². The van der Waals surface area contributed by atoms with Gasteiger partial charge in [0, 0.05) is 0 Å². The third-order valence-corrected chi connectivity index (χ3v) is 7.48. The summed E-state index contributed by atoms with van der Waals surface area (Å²) in [5.41, 5.74) is 5.97. The Labute approximate surface area is 256 Å². The van der Waals surface area contributed by atoms with Gasteiger partial charge in [-0.2, -0.15) is 6.42 Å². The fourth-order valence-electron chi connectivity index (χ4n) is 5.82. The van der Waals surface area contributed by atoms with Crippen LogP contribution >= 0.6 is 0 Å². The van der Waals surface area contributed by atoms with Crippen LogP contribution in [0.1, 0.15) is 91.4 Å². The third kappa shape index (κ3) is 10.1. The van der Waals surface area contributed by atoms with E-state index < -0.39 is 0 Å². The van der Waals surface area contributed by atoms with Gasteiger partial charge in [-0.15, -0.1) is 5.69 Å². The first-order valence-electron chi connectivity index (χ1n) is 14.7. The normalized spacial score (nSPS) is 24.2. The van der Waals surface area contributed by atoms with Crippen molar-refractivity contribution in [3.63, 3.8) is 0 Å². The maximum absolute atomic E-state index is 5.52. The van der Waals surface area contributed by atoms with Crippen LogP contribution in [0, 0.1) is 76.2 Å². The number of hydrogen-bond acceptors (Lipinski definition) is 0. The van der Waals surface area contributed by atoms with E-state index in [4.69, 9.17) is 5.32 Å². The Morgan fingerprint density at radius 2 is 1.45 bits per heavy atom. The second-order valence-electron chi connectivity index (χ2n) is 10.3. The van der Waals surface area contributed by atoms with Gasteiger partial charge in [0.2, 0.25) is 0 Å². The minimum absolute atomic E-state index is 0. The van der Waals surface area contributed by atoms with Crippen molar-refractivity contribution in [3.8, 4) is 0 Å². The van der Waals surface area contributed by atoms with Crippen molar-refractivity contribution in [2.75, 3.05) is 0 Å². The average molecular weight is 585 g/mol. The summed E-state index contributed by atoms with van der Waals surface area (Å²) in [5, 5.41) is 5.52. The summed E-state index contributed by atoms with van der Waals surface area (Å²) in [5.74, 6) is 0.764. The molecule has 38 heavy (non-hydrogen) atoms. The number of benzene rings is 1. The van der Waals surface area contributed by atoms with Gasteiger partial charge < -0.3 is 11.4 Å². The van der Waals surface area contributed by atoms with Gasteiger partial charge in [-0.1, -0.05) is 99.9 Å². The van der Waals surface area contributed by atoms with Gasteiger partial charge in [-0.05, 0) is 102 Å². The van der Waals surface area contributed by atoms with Crippen molar-refractivity contribution in [3.05, 3.63) is 123 Å². The zero-order valence-electron chi connectivity index (χ0n) is 24.0. The van der Waals surface area contributed by atoms with E-state index in [1.807, 2.05) is 64.2 Å². The Kier molecular flexibility index (Phi) is 17.2. The fraction of sp³-hybridized carbons (Fsp3) is 0.444. The van der Waals surface area contributed by atoms with Gasteiger partial charge in [0.15, 0.2) is 0 Å². The van der Waals surface area contributed by atoms with Crippen molar-refractivity contribution < 1.29 is 26.2 Å². The predicted molar refractivity (Wildman–Crippen MR) is 160 cm³/mol. The Bertz CT molecular complexity index is 777. The third-order valence-electron chi connectivity index (χ3n) is 7.48. The maximum Gasteiger partial charge on any atom is 2.00 e. The topological polar surface area (TPSA) is 14.1 Å². The van der Waals surface area contributed by atoms with Crippen molar-refractivity contribution >= 4 is 5.69 Å². The minimum atomic E-state index is -0.109. The number of allylic oxidation sites excluding steroid dienone is 2. The van der Waals surface area contributed by atoms with Crippen LogP contribution in [0.5, 0.6) is 0 Å². The number of hydrogen-bond donors (Lipinski definition) is 0. The van der Waals surface area contributed by atoms with Gasteiger partial charge in [0.1, 0.15) is 0 Å². The molecule has 200 valence electrons. The molecule has 1 aromatic carbocycles. The van der Waals surface area contributed by atoms with Crippen LogP contribution in [-0.4, -0.2) is 5.54 Å². The number of rotatable bonds is 10. The Hall–Kier alpha value is -0.617. The molecule has 0 N–H and O–H groups in total. The van der Waals surface area contributed by atoms with Crippen LogP contribution in [0.2, 0.25) is 0 Å². The van der Waals surface area contributed by atoms with Gasteiger partial charge >= 0.3 is 26.2 Å². The molecule has 0 spiro atoms. The van der Waals surface area contributed by atoms with Crippen LogP contribution in [0.15, 0.2) is 47.1 Å². The second-order valence-corrected chi connectivity index (χ2v) is 10.3. The van der Waals surface area contributed by atoms with E-state index in [1.54, 1.807) is 11.1 Å². The molecule has 4 aliphatic carbocycles. The van der Waals surface area contributed by atoms with Gasteiger partial charge in [0.25, 0.3) is 0 Å². The van der Waals surface area contributed by atoms with E-state index in [9.17, 15) is 0 Å². The van der Waals surface area contributed by atoms with E-state index >= 15 is 0 Å². The van der Waals surface area contributed by atoms with E-state index in [0.29, 0.717) is 0 Å². The van der Waals surface area contributed by atoms with Gasteiger partial charge in [0.05, 0.1) is 0 Å². The monoisotopic (exact) mass is 583 g/mol. The molecule has 3 fully saturated rings. The van der Waals surface area contributed by atoms with Crippen molar-refractivity contribution in [1.82, 2.24) is 0 Å². The molecule has 5 rings (SSSR count). The molecule has 3 saturated carbocycles. The molecule has 0 aliphatic heterocycles. The van der Waals surface area contributed by atoms with E-state index in [0.717, 1.165) is 24.4 Å². The smallest absolute Gasteiger partial charge is 0.674 e. The van der Waals surface area contributed by atoms with Crippen molar-refractivity contribution in [1.29, 1.82) is 0 Å². The number of para-hydroxylation sites is 1. The maximum atomic E-state index is 5.52. The predicted octanol–water partition coefficient (Wildman–Crippen LogP) is 10.5. The second kappa shape index (κ2) is 19.5. The number of fused-ring (bicyclic) bond motifs is 1. The summed E-state index contributed by atoms with van der Waals surface area (Å²) in [6.45, 7) is 6.88. The SMILES string of the molecule is CCC[C-]=C(CCC)[C@]1([N-]c2ccccc2)C[C@H]2CCCC2=C1CCCC.[CH]1[CH][CH][CH][CH]1.[CH]1[CH][CH][CH][CH]1.[Zr+2]. The van der Waals surface area contributed by atoms with Gasteiger partial charge in [-0.3, -0.25) is 5.57 Å². The molecule has 0 saturated heterocycles. The summed E-state index contributed by atoms with van der Waals surface area (Å²) in [6, 6.07) is 10.7. The minimum Gasteiger partial charge on any atom is -0.674 e. The first-order valence-corrected chi connectivity index (χ1v) is 14.7. The first kappa shape index (κ1) is 33.6. The zero-order valence-corrected chi connectivity index (χ0v) is 26.4. The molecule has 10 radical (unpaired) electrons. The molecular formula is C36H47NZr. The van der Waals surface area contributed by atoms with E-state index in [1.165, 1.54) is 63.4 Å². The van der Waals surface area contributed by atoms with Crippen molar-refractivity contribution in [2.24, 2.45) is 5.92 Å². The quantitative estimate of drug-likeness (QED) is 0.192. The summed E-state index contributed by atoms with van der Waals surface area (Å²) in [4.78, 5) is 0. The Morgan fingerprint density at radius 1 is 0.842 bits per heavy atom. The molecule has 2 atom stereocenters. The molecule has 0 bridgehead atoms. The first-order chi connectivity index (χ1) is 18.2. The molecular weight excluding hydrogens is 538 g/mol. The molecule has 0 unspecified atom stereocenters. The summed E-state index contributed by atoms with van der Waals surface area (Å²) in [6.07, 6.45) is 37.4. The largest absolute Gasteiger partial charge is 2.00 e. The van der Waals surface area contributed by atoms with Gasteiger partial charge in [-0.25, -0.2) is 0 Å². The molecule has 4 aliphatic rings. The molecule has 2 heteroatoms. The van der Waals surface area contributed by atoms with Crippen LogP contribution in [0.4, 0.5) is 5.69 Å². The summed E-state index contributed by atoms with van der Waals surface area (Å²) >= 11 is 0. The number of unbranched alkanes of at least 4 members (excludes halogenated alkanes) is 2. The molecule has 0 amide bonds. The molecule has 0 heterocycles. The Morgan fingerprint density at radius 3 is 1.97 bits per heavy atom. The standard InChI is InChI=1S/C26H37N.2C5H5.Zr/c1-4-7-15-22(13-6-3)26(27-23-16-10-9-11-17-23)20-21-14-12-18-24(21)25(26)19-8-5-2;2*1-2-4-5-3-1;/h9-11,16-17,21H,4-8,12-14,18-20H2,1-3H3;2*1-5H;/q-2;;;+2/t21-,26-;;;/m1.../s1. The van der Waals surface area contributed by atoms with Crippen LogP contribution in [0.25, 0.3) is 5.32 Å². The molecule has 1 nitrogen and oxygen atoms in total. The molecule has 0 aromatic heterocycles. The number of nitrogens with zero attached hydrogens (tertiary/aromatic N) is 1. The summed E-state index contributed by atoms with van der Waals surface area (Å²) < 4.78 is 0. The fourth-order valence-corrected chi connectivity index (χ4v) is 5.82. The van der Waals surface area contributed by atoms with Crippen LogP contribution < -0.4 is 0 Å². The van der Waals surface area contributed by atoms with Crippen molar-refractivity contribution in [2.45, 2.75) is 96.9 Å². The van der Waals surface area contributed by atoms with E-state index in [-0.39, 0.29) is 31.7 Å². The Balaban J connectivity index is 0.000000382.